The molecule has 5 heteroatoms. The van der Waals surface area contributed by atoms with E-state index in [-0.39, 0.29) is 18.3 Å². The van der Waals surface area contributed by atoms with Gasteiger partial charge in [0, 0.05) is 30.1 Å². The molecule has 1 saturated heterocycles. The van der Waals surface area contributed by atoms with Crippen LogP contribution < -0.4 is 10.6 Å². The van der Waals surface area contributed by atoms with E-state index in [9.17, 15) is 4.79 Å². The number of aromatic nitrogens is 1. The number of piperidine rings is 1. The molecule has 1 aromatic carbocycles. The van der Waals surface area contributed by atoms with E-state index in [4.69, 9.17) is 0 Å². The second kappa shape index (κ2) is 9.70. The summed E-state index contributed by atoms with van der Waals surface area (Å²) in [5.41, 5.74) is 2.53. The SMILES string of the molecule is Cl.O=C(CCC1CCNCC1)NCCCc1c[nH]c2ccccc12. The van der Waals surface area contributed by atoms with E-state index in [1.54, 1.807) is 0 Å². The fourth-order valence-corrected chi connectivity index (χ4v) is 3.44. The zero-order chi connectivity index (χ0) is 15.9. The Morgan fingerprint density at radius 3 is 2.83 bits per heavy atom. The largest absolute Gasteiger partial charge is 0.361 e. The minimum Gasteiger partial charge on any atom is -0.361 e. The van der Waals surface area contributed by atoms with Gasteiger partial charge in [-0.15, -0.1) is 12.4 Å². The van der Waals surface area contributed by atoms with Crippen LogP contribution in [0.25, 0.3) is 10.9 Å². The van der Waals surface area contributed by atoms with Gasteiger partial charge in [-0.2, -0.15) is 0 Å². The first-order chi connectivity index (χ1) is 11.3. The van der Waals surface area contributed by atoms with E-state index >= 15 is 0 Å². The van der Waals surface area contributed by atoms with Gasteiger partial charge in [-0.1, -0.05) is 18.2 Å². The van der Waals surface area contributed by atoms with Crippen molar-refractivity contribution < 1.29 is 4.79 Å². The fourth-order valence-electron chi connectivity index (χ4n) is 3.44. The highest BCUT2D eigenvalue weighted by atomic mass is 35.5. The molecule has 3 rings (SSSR count). The average Bonchev–Trinajstić information content (AvgIpc) is 3.01. The molecule has 1 aliphatic heterocycles. The lowest BCUT2D eigenvalue weighted by atomic mass is 9.93. The number of aryl methyl sites for hydroxylation is 1. The number of para-hydroxylation sites is 1. The maximum absolute atomic E-state index is 11.9. The molecule has 0 unspecified atom stereocenters. The lowest BCUT2D eigenvalue weighted by Crippen LogP contribution is -2.29. The van der Waals surface area contributed by atoms with Gasteiger partial charge in [-0.3, -0.25) is 4.79 Å². The van der Waals surface area contributed by atoms with Gasteiger partial charge in [0.25, 0.3) is 0 Å². The second-order valence-electron chi connectivity index (χ2n) is 6.55. The summed E-state index contributed by atoms with van der Waals surface area (Å²) in [6, 6.07) is 8.37. The number of hydrogen-bond donors (Lipinski definition) is 3. The number of carbonyl (C=O) groups excluding carboxylic acids is 1. The number of carbonyl (C=O) groups is 1. The molecule has 132 valence electrons. The summed E-state index contributed by atoms with van der Waals surface area (Å²) in [5.74, 6) is 0.940. The van der Waals surface area contributed by atoms with Crippen LogP contribution in [0.15, 0.2) is 30.5 Å². The van der Waals surface area contributed by atoms with Crippen molar-refractivity contribution in [1.29, 1.82) is 0 Å². The molecule has 2 aromatic rings. The van der Waals surface area contributed by atoms with Crippen molar-refractivity contribution in [2.75, 3.05) is 19.6 Å². The van der Waals surface area contributed by atoms with Crippen molar-refractivity contribution in [3.8, 4) is 0 Å². The number of nitrogens with one attached hydrogen (secondary N) is 3. The normalized spacial score (nSPS) is 15.2. The number of hydrogen-bond acceptors (Lipinski definition) is 2. The molecule has 24 heavy (non-hydrogen) atoms. The number of fused-ring (bicyclic) bond motifs is 1. The Labute approximate surface area is 150 Å². The Kier molecular flexibility index (Phi) is 7.60. The van der Waals surface area contributed by atoms with E-state index < -0.39 is 0 Å². The predicted molar refractivity (Wildman–Crippen MR) is 102 cm³/mol. The molecule has 0 atom stereocenters. The van der Waals surface area contributed by atoms with Crippen LogP contribution in [0.5, 0.6) is 0 Å². The van der Waals surface area contributed by atoms with Crippen molar-refractivity contribution in [2.24, 2.45) is 5.92 Å². The summed E-state index contributed by atoms with van der Waals surface area (Å²) in [4.78, 5) is 15.2. The molecular weight excluding hydrogens is 322 g/mol. The number of H-pyrrole nitrogens is 1. The van der Waals surface area contributed by atoms with E-state index in [0.29, 0.717) is 6.42 Å². The maximum Gasteiger partial charge on any atom is 0.220 e. The zero-order valence-corrected chi connectivity index (χ0v) is 15.0. The highest BCUT2D eigenvalue weighted by Crippen LogP contribution is 2.19. The fraction of sp³-hybridized carbons (Fsp3) is 0.526. The first-order valence-corrected chi connectivity index (χ1v) is 8.85. The van der Waals surface area contributed by atoms with Crippen molar-refractivity contribution in [1.82, 2.24) is 15.6 Å². The Bertz CT molecular complexity index is 634. The molecule has 2 heterocycles. The number of amides is 1. The molecule has 1 fully saturated rings. The van der Waals surface area contributed by atoms with Crippen LogP contribution in [0.1, 0.15) is 37.7 Å². The predicted octanol–water partition coefficient (Wildman–Crippen LogP) is 3.42. The lowest BCUT2D eigenvalue weighted by molar-refractivity contribution is -0.121. The Balaban J connectivity index is 0.00000208. The molecule has 0 bridgehead atoms. The van der Waals surface area contributed by atoms with Gasteiger partial charge >= 0.3 is 0 Å². The van der Waals surface area contributed by atoms with E-state index in [1.165, 1.54) is 29.3 Å². The lowest BCUT2D eigenvalue weighted by Gasteiger charge is -2.22. The van der Waals surface area contributed by atoms with Crippen molar-refractivity contribution >= 4 is 29.2 Å². The van der Waals surface area contributed by atoms with Crippen LogP contribution in [0, 0.1) is 5.92 Å². The number of halogens is 1. The van der Waals surface area contributed by atoms with Crippen LogP contribution in [0.3, 0.4) is 0 Å². The third kappa shape index (κ3) is 5.25. The molecule has 3 N–H and O–H groups in total. The van der Waals surface area contributed by atoms with Gasteiger partial charge in [0.05, 0.1) is 0 Å². The zero-order valence-electron chi connectivity index (χ0n) is 14.1. The summed E-state index contributed by atoms with van der Waals surface area (Å²) in [7, 11) is 0. The van der Waals surface area contributed by atoms with Crippen LogP contribution in [0.2, 0.25) is 0 Å². The van der Waals surface area contributed by atoms with E-state index in [1.807, 2.05) is 6.07 Å². The second-order valence-corrected chi connectivity index (χ2v) is 6.55. The summed E-state index contributed by atoms with van der Waals surface area (Å²) in [6.07, 6.45) is 8.22. The van der Waals surface area contributed by atoms with E-state index in [2.05, 4.69) is 40.0 Å². The number of aromatic amines is 1. The minimum absolute atomic E-state index is 0. The summed E-state index contributed by atoms with van der Waals surface area (Å²) in [5, 5.41) is 7.73. The molecule has 0 aliphatic carbocycles. The standard InChI is InChI=1S/C19H27N3O.ClH/c23-19(8-7-15-9-12-20-13-10-15)21-11-3-4-16-14-22-18-6-2-1-5-17(16)18;/h1-2,5-6,14-15,20,22H,3-4,7-13H2,(H,21,23);1H. The first-order valence-electron chi connectivity index (χ1n) is 8.85. The van der Waals surface area contributed by atoms with Crippen LogP contribution in [-0.4, -0.2) is 30.5 Å². The van der Waals surface area contributed by atoms with E-state index in [0.717, 1.165) is 44.8 Å². The minimum atomic E-state index is 0. The quantitative estimate of drug-likeness (QED) is 0.671. The van der Waals surface area contributed by atoms with Gasteiger partial charge in [0.15, 0.2) is 0 Å². The van der Waals surface area contributed by atoms with Gasteiger partial charge in [-0.25, -0.2) is 0 Å². The summed E-state index contributed by atoms with van der Waals surface area (Å²) >= 11 is 0. The maximum atomic E-state index is 11.9. The number of benzene rings is 1. The average molecular weight is 350 g/mol. The molecule has 0 radical (unpaired) electrons. The first kappa shape index (κ1) is 18.8. The van der Waals surface area contributed by atoms with Gasteiger partial charge in [-0.05, 0) is 62.7 Å². The van der Waals surface area contributed by atoms with Crippen LogP contribution >= 0.6 is 12.4 Å². The molecule has 1 aromatic heterocycles. The Hall–Kier alpha value is -1.52. The van der Waals surface area contributed by atoms with Gasteiger partial charge in [0.1, 0.15) is 0 Å². The molecule has 4 nitrogen and oxygen atoms in total. The highest BCUT2D eigenvalue weighted by molar-refractivity contribution is 5.85. The topological polar surface area (TPSA) is 56.9 Å². The Morgan fingerprint density at radius 2 is 2.00 bits per heavy atom. The molecule has 1 amide bonds. The Morgan fingerprint density at radius 1 is 1.21 bits per heavy atom. The van der Waals surface area contributed by atoms with Crippen molar-refractivity contribution in [3.63, 3.8) is 0 Å². The van der Waals surface area contributed by atoms with Crippen LogP contribution in [0.4, 0.5) is 0 Å². The third-order valence-electron chi connectivity index (χ3n) is 4.86. The van der Waals surface area contributed by atoms with Crippen LogP contribution in [-0.2, 0) is 11.2 Å². The van der Waals surface area contributed by atoms with Crippen molar-refractivity contribution in [3.05, 3.63) is 36.0 Å². The van der Waals surface area contributed by atoms with Crippen molar-refractivity contribution in [2.45, 2.75) is 38.5 Å². The highest BCUT2D eigenvalue weighted by Gasteiger charge is 2.14. The number of rotatable bonds is 7. The van der Waals surface area contributed by atoms with Gasteiger partial charge < -0.3 is 15.6 Å². The molecule has 0 spiro atoms. The van der Waals surface area contributed by atoms with Gasteiger partial charge in [0.2, 0.25) is 5.91 Å². The summed E-state index contributed by atoms with van der Waals surface area (Å²) < 4.78 is 0. The summed E-state index contributed by atoms with van der Waals surface area (Å²) in [6.45, 7) is 2.98. The molecule has 1 aliphatic rings. The third-order valence-corrected chi connectivity index (χ3v) is 4.86. The molecular formula is C19H28ClN3O. The smallest absolute Gasteiger partial charge is 0.220 e. The molecule has 0 saturated carbocycles. The monoisotopic (exact) mass is 349 g/mol.